The number of carbonyl (C=O) groups is 1. The van der Waals surface area contributed by atoms with Crippen LogP contribution in [0.3, 0.4) is 0 Å². The molecule has 2 N–H and O–H groups in total. The lowest BCUT2D eigenvalue weighted by Crippen LogP contribution is -2.11. The first kappa shape index (κ1) is 13.8. The third-order valence-electron chi connectivity index (χ3n) is 2.89. The van der Waals surface area contributed by atoms with Gasteiger partial charge in [-0.05, 0) is 48.4 Å². The first-order chi connectivity index (χ1) is 9.72. The number of anilines is 1. The van der Waals surface area contributed by atoms with Crippen molar-refractivity contribution >= 4 is 11.6 Å². The normalized spacial score (nSPS) is 9.80. The van der Waals surface area contributed by atoms with E-state index in [4.69, 9.17) is 10.4 Å². The number of hydrogen-bond donors (Lipinski definition) is 2. The molecular weight excluding hydrogens is 252 g/mol. The molecule has 0 bridgehead atoms. The number of nitrogens with zero attached hydrogens (tertiary/aromatic N) is 1. The van der Waals surface area contributed by atoms with Gasteiger partial charge >= 0.3 is 0 Å². The summed E-state index contributed by atoms with van der Waals surface area (Å²) in [6.45, 7) is 0.108. The van der Waals surface area contributed by atoms with E-state index in [9.17, 15) is 4.79 Å². The van der Waals surface area contributed by atoms with Crippen LogP contribution in [0.4, 0.5) is 5.69 Å². The molecule has 0 aliphatic carbocycles. The standard InChI is InChI=1S/C16H14N2O2/c17-11-13-1-5-14(6-2-13)16(20)18-15-7-3-12(4-8-15)9-10-19/h1-8,19H,9-10H2,(H,18,20). The lowest BCUT2D eigenvalue weighted by atomic mass is 10.1. The fourth-order valence-corrected chi connectivity index (χ4v) is 1.78. The van der Waals surface area contributed by atoms with Crippen molar-refractivity contribution < 1.29 is 9.90 Å². The van der Waals surface area contributed by atoms with Crippen molar-refractivity contribution in [3.05, 3.63) is 65.2 Å². The van der Waals surface area contributed by atoms with Crippen molar-refractivity contribution in [2.24, 2.45) is 0 Å². The zero-order valence-corrected chi connectivity index (χ0v) is 10.8. The van der Waals surface area contributed by atoms with Crippen molar-refractivity contribution in [2.45, 2.75) is 6.42 Å². The van der Waals surface area contributed by atoms with Crippen molar-refractivity contribution in [1.29, 1.82) is 5.26 Å². The average molecular weight is 266 g/mol. The number of amides is 1. The molecule has 0 unspecified atom stereocenters. The van der Waals surface area contributed by atoms with E-state index in [1.165, 1.54) is 0 Å². The molecule has 4 nitrogen and oxygen atoms in total. The number of carbonyl (C=O) groups excluding carboxylic acids is 1. The summed E-state index contributed by atoms with van der Waals surface area (Å²) in [5, 5.41) is 20.3. The van der Waals surface area contributed by atoms with E-state index in [0.717, 1.165) is 5.56 Å². The molecule has 0 saturated heterocycles. The number of benzene rings is 2. The maximum atomic E-state index is 12.0. The quantitative estimate of drug-likeness (QED) is 0.892. The molecule has 0 saturated carbocycles. The van der Waals surface area contributed by atoms with Crippen LogP contribution in [0.15, 0.2) is 48.5 Å². The van der Waals surface area contributed by atoms with Gasteiger partial charge in [-0.25, -0.2) is 0 Å². The van der Waals surface area contributed by atoms with Crippen LogP contribution in [0.2, 0.25) is 0 Å². The third-order valence-corrected chi connectivity index (χ3v) is 2.89. The number of nitrogens with one attached hydrogen (secondary N) is 1. The molecule has 4 heteroatoms. The predicted octanol–water partition coefficient (Wildman–Crippen LogP) is 2.35. The molecule has 0 atom stereocenters. The van der Waals surface area contributed by atoms with E-state index in [1.807, 2.05) is 18.2 Å². The van der Waals surface area contributed by atoms with Gasteiger partial charge in [0.25, 0.3) is 5.91 Å². The number of aliphatic hydroxyl groups is 1. The molecule has 0 aromatic heterocycles. The van der Waals surface area contributed by atoms with Crippen LogP contribution >= 0.6 is 0 Å². The van der Waals surface area contributed by atoms with Gasteiger partial charge in [-0.3, -0.25) is 4.79 Å². The first-order valence-electron chi connectivity index (χ1n) is 6.24. The van der Waals surface area contributed by atoms with Gasteiger partial charge in [-0.2, -0.15) is 5.26 Å². The Kier molecular flexibility index (Phi) is 4.48. The minimum absolute atomic E-state index is 0.108. The highest BCUT2D eigenvalue weighted by molar-refractivity contribution is 6.04. The molecule has 2 aromatic carbocycles. The van der Waals surface area contributed by atoms with Gasteiger partial charge in [0, 0.05) is 17.9 Å². The zero-order valence-electron chi connectivity index (χ0n) is 10.8. The molecule has 2 aromatic rings. The molecular formula is C16H14N2O2. The Morgan fingerprint density at radius 3 is 2.30 bits per heavy atom. The summed E-state index contributed by atoms with van der Waals surface area (Å²) in [4.78, 5) is 12.0. The van der Waals surface area contributed by atoms with Crippen LogP contribution < -0.4 is 5.32 Å². The van der Waals surface area contributed by atoms with Crippen LogP contribution in [-0.2, 0) is 6.42 Å². The van der Waals surface area contributed by atoms with Gasteiger partial charge < -0.3 is 10.4 Å². The second-order valence-corrected chi connectivity index (χ2v) is 4.31. The maximum absolute atomic E-state index is 12.0. The molecule has 0 fully saturated rings. The topological polar surface area (TPSA) is 73.1 Å². The van der Waals surface area contributed by atoms with Gasteiger partial charge in [-0.15, -0.1) is 0 Å². The Balaban J connectivity index is 2.05. The zero-order chi connectivity index (χ0) is 14.4. The van der Waals surface area contributed by atoms with Gasteiger partial charge in [0.2, 0.25) is 0 Å². The van der Waals surface area contributed by atoms with Gasteiger partial charge in [-0.1, -0.05) is 12.1 Å². The summed E-state index contributed by atoms with van der Waals surface area (Å²) >= 11 is 0. The maximum Gasteiger partial charge on any atom is 0.255 e. The smallest absolute Gasteiger partial charge is 0.255 e. The highest BCUT2D eigenvalue weighted by atomic mass is 16.2. The monoisotopic (exact) mass is 266 g/mol. The van der Waals surface area contributed by atoms with Gasteiger partial charge in [0.15, 0.2) is 0 Å². The Hall–Kier alpha value is -2.64. The van der Waals surface area contributed by atoms with Crippen LogP contribution in [0.5, 0.6) is 0 Å². The SMILES string of the molecule is N#Cc1ccc(C(=O)Nc2ccc(CCO)cc2)cc1. The molecule has 0 radical (unpaired) electrons. The minimum atomic E-state index is -0.218. The van der Waals surface area contributed by atoms with E-state index < -0.39 is 0 Å². The van der Waals surface area contributed by atoms with E-state index in [-0.39, 0.29) is 12.5 Å². The van der Waals surface area contributed by atoms with Gasteiger partial charge in [0.05, 0.1) is 11.6 Å². The predicted molar refractivity (Wildman–Crippen MR) is 76.3 cm³/mol. The van der Waals surface area contributed by atoms with Crippen molar-refractivity contribution in [1.82, 2.24) is 0 Å². The number of nitriles is 1. The van der Waals surface area contributed by atoms with Crippen molar-refractivity contribution in [3.8, 4) is 6.07 Å². The van der Waals surface area contributed by atoms with Crippen LogP contribution in [-0.4, -0.2) is 17.6 Å². The van der Waals surface area contributed by atoms with Crippen LogP contribution in [0.25, 0.3) is 0 Å². The Morgan fingerprint density at radius 2 is 1.75 bits per heavy atom. The average Bonchev–Trinajstić information content (AvgIpc) is 2.49. The second kappa shape index (κ2) is 6.50. The van der Waals surface area contributed by atoms with E-state index >= 15 is 0 Å². The number of hydrogen-bond acceptors (Lipinski definition) is 3. The lowest BCUT2D eigenvalue weighted by molar-refractivity contribution is 0.102. The molecule has 2 rings (SSSR count). The number of aliphatic hydroxyl groups excluding tert-OH is 1. The van der Waals surface area contributed by atoms with E-state index in [2.05, 4.69) is 5.32 Å². The molecule has 20 heavy (non-hydrogen) atoms. The highest BCUT2D eigenvalue weighted by Gasteiger charge is 2.05. The molecule has 0 aliphatic heterocycles. The largest absolute Gasteiger partial charge is 0.396 e. The summed E-state index contributed by atoms with van der Waals surface area (Å²) in [5.41, 5.74) is 2.74. The van der Waals surface area contributed by atoms with Gasteiger partial charge in [0.1, 0.15) is 0 Å². The molecule has 100 valence electrons. The Labute approximate surface area is 117 Å². The third kappa shape index (κ3) is 3.44. The van der Waals surface area contributed by atoms with Crippen molar-refractivity contribution in [3.63, 3.8) is 0 Å². The molecule has 1 amide bonds. The summed E-state index contributed by atoms with van der Waals surface area (Å²) in [6.07, 6.45) is 0.601. The fraction of sp³-hybridized carbons (Fsp3) is 0.125. The highest BCUT2D eigenvalue weighted by Crippen LogP contribution is 2.12. The minimum Gasteiger partial charge on any atom is -0.396 e. The Bertz CT molecular complexity index is 625. The molecule has 0 spiro atoms. The van der Waals surface area contributed by atoms with E-state index in [1.54, 1.807) is 36.4 Å². The summed E-state index contributed by atoms with van der Waals surface area (Å²) in [5.74, 6) is -0.218. The first-order valence-corrected chi connectivity index (χ1v) is 6.24. The lowest BCUT2D eigenvalue weighted by Gasteiger charge is -2.06. The molecule has 0 heterocycles. The molecule has 0 aliphatic rings. The van der Waals surface area contributed by atoms with Crippen LogP contribution in [0, 0.1) is 11.3 Å². The summed E-state index contributed by atoms with van der Waals surface area (Å²) in [7, 11) is 0. The summed E-state index contributed by atoms with van der Waals surface area (Å²) in [6, 6.07) is 15.8. The fourth-order valence-electron chi connectivity index (χ4n) is 1.78. The summed E-state index contributed by atoms with van der Waals surface area (Å²) < 4.78 is 0. The Morgan fingerprint density at radius 1 is 1.10 bits per heavy atom. The van der Waals surface area contributed by atoms with Crippen molar-refractivity contribution in [2.75, 3.05) is 11.9 Å². The van der Waals surface area contributed by atoms with E-state index in [0.29, 0.717) is 23.2 Å². The van der Waals surface area contributed by atoms with Crippen LogP contribution in [0.1, 0.15) is 21.5 Å². The number of rotatable bonds is 4. The second-order valence-electron chi connectivity index (χ2n) is 4.31.